The molecule has 1 aliphatic heterocycles. The molecule has 4 rings (SSSR count). The van der Waals surface area contributed by atoms with Gasteiger partial charge in [0.2, 0.25) is 15.9 Å². The Kier molecular flexibility index (Phi) is 5.28. The number of nitrogens with one attached hydrogen (secondary N) is 1. The van der Waals surface area contributed by atoms with Crippen LogP contribution < -0.4 is 5.32 Å². The van der Waals surface area contributed by atoms with Crippen LogP contribution in [0.15, 0.2) is 35.7 Å². The van der Waals surface area contributed by atoms with Crippen molar-refractivity contribution in [1.29, 1.82) is 0 Å². The van der Waals surface area contributed by atoms with Gasteiger partial charge in [0.1, 0.15) is 0 Å². The van der Waals surface area contributed by atoms with Crippen LogP contribution in [0, 0.1) is 0 Å². The van der Waals surface area contributed by atoms with Crippen molar-refractivity contribution < 1.29 is 13.2 Å². The summed E-state index contributed by atoms with van der Waals surface area (Å²) in [7, 11) is -3.25. The smallest absolute Gasteiger partial charge is 0.236 e. The van der Waals surface area contributed by atoms with Gasteiger partial charge in [0.15, 0.2) is 5.13 Å². The van der Waals surface area contributed by atoms with E-state index in [0.717, 1.165) is 11.3 Å². The van der Waals surface area contributed by atoms with Crippen LogP contribution in [0.5, 0.6) is 0 Å². The summed E-state index contributed by atoms with van der Waals surface area (Å²) in [5.74, 6) is 0.539. The van der Waals surface area contributed by atoms with Crippen molar-refractivity contribution in [3.8, 4) is 0 Å². The molecule has 1 aromatic carbocycles. The number of amides is 1. The molecule has 0 bridgehead atoms. The molecule has 2 aromatic rings. The van der Waals surface area contributed by atoms with Gasteiger partial charge in [-0.25, -0.2) is 17.7 Å². The lowest BCUT2D eigenvalue weighted by Gasteiger charge is -2.40. The molecule has 150 valence electrons. The Bertz CT molecular complexity index is 944. The van der Waals surface area contributed by atoms with E-state index >= 15 is 0 Å². The third-order valence-corrected chi connectivity index (χ3v) is 8.49. The van der Waals surface area contributed by atoms with E-state index in [-0.39, 0.29) is 11.7 Å². The second-order valence-electron chi connectivity index (χ2n) is 7.55. The molecule has 2 heterocycles. The number of hydrogen-bond acceptors (Lipinski definition) is 5. The standard InChI is InChI=1S/C20H25N3O3S2/c1-2-28(25,26)23-12-10-20(11-13-23,16-6-4-3-5-7-16)18(24)22-19-21-17(14-27-19)15-8-9-15/h3-7,14-15H,2,8-13H2,1H3,(H,21,22,24). The zero-order valence-corrected chi connectivity index (χ0v) is 17.6. The first-order chi connectivity index (χ1) is 13.4. The molecule has 28 heavy (non-hydrogen) atoms. The second kappa shape index (κ2) is 7.57. The first-order valence-corrected chi connectivity index (χ1v) is 12.2. The summed E-state index contributed by atoms with van der Waals surface area (Å²) >= 11 is 1.46. The van der Waals surface area contributed by atoms with E-state index in [2.05, 4.69) is 10.3 Å². The Morgan fingerprint density at radius 2 is 1.93 bits per heavy atom. The summed E-state index contributed by atoms with van der Waals surface area (Å²) < 4.78 is 26.0. The highest BCUT2D eigenvalue weighted by atomic mass is 32.2. The molecule has 8 heteroatoms. The van der Waals surface area contributed by atoms with Crippen molar-refractivity contribution in [2.24, 2.45) is 0 Å². The van der Waals surface area contributed by atoms with Crippen LogP contribution in [-0.2, 0) is 20.2 Å². The summed E-state index contributed by atoms with van der Waals surface area (Å²) in [6.45, 7) is 2.36. The number of anilines is 1. The molecule has 1 aliphatic carbocycles. The number of benzene rings is 1. The van der Waals surface area contributed by atoms with E-state index in [4.69, 9.17) is 0 Å². The minimum atomic E-state index is -3.25. The number of rotatable bonds is 6. The Morgan fingerprint density at radius 1 is 1.25 bits per heavy atom. The maximum atomic E-state index is 13.4. The highest BCUT2D eigenvalue weighted by molar-refractivity contribution is 7.89. The van der Waals surface area contributed by atoms with Crippen LogP contribution in [0.4, 0.5) is 5.13 Å². The lowest BCUT2D eigenvalue weighted by molar-refractivity contribution is -0.123. The fourth-order valence-corrected chi connectivity index (χ4v) is 5.75. The molecule has 1 saturated heterocycles. The molecule has 0 unspecified atom stereocenters. The minimum Gasteiger partial charge on any atom is -0.301 e. The van der Waals surface area contributed by atoms with Gasteiger partial charge < -0.3 is 5.32 Å². The highest BCUT2D eigenvalue weighted by Gasteiger charge is 2.45. The van der Waals surface area contributed by atoms with Gasteiger partial charge >= 0.3 is 0 Å². The van der Waals surface area contributed by atoms with E-state index in [1.165, 1.54) is 28.5 Å². The summed E-state index contributed by atoms with van der Waals surface area (Å²) in [4.78, 5) is 18.0. The Balaban J connectivity index is 1.58. The maximum absolute atomic E-state index is 13.4. The van der Waals surface area contributed by atoms with Crippen molar-refractivity contribution in [1.82, 2.24) is 9.29 Å². The van der Waals surface area contributed by atoms with Gasteiger partial charge in [0, 0.05) is 24.4 Å². The predicted molar refractivity (Wildman–Crippen MR) is 111 cm³/mol. The third-order valence-electron chi connectivity index (χ3n) is 5.83. The minimum absolute atomic E-state index is 0.0839. The SMILES string of the molecule is CCS(=O)(=O)N1CCC(C(=O)Nc2nc(C3CC3)cs2)(c2ccccc2)CC1. The van der Waals surface area contributed by atoms with Gasteiger partial charge in [0.25, 0.3) is 0 Å². The third kappa shape index (κ3) is 3.73. The average molecular weight is 420 g/mol. The first-order valence-electron chi connectivity index (χ1n) is 9.75. The van der Waals surface area contributed by atoms with Crippen LogP contribution in [0.25, 0.3) is 0 Å². The monoisotopic (exact) mass is 419 g/mol. The zero-order valence-electron chi connectivity index (χ0n) is 15.9. The summed E-state index contributed by atoms with van der Waals surface area (Å²) in [5.41, 5.74) is 1.25. The maximum Gasteiger partial charge on any atom is 0.236 e. The molecule has 0 spiro atoms. The van der Waals surface area contributed by atoms with Crippen molar-refractivity contribution in [2.45, 2.75) is 43.9 Å². The number of carbonyl (C=O) groups is 1. The second-order valence-corrected chi connectivity index (χ2v) is 10.7. The van der Waals surface area contributed by atoms with Crippen LogP contribution in [-0.4, -0.2) is 42.5 Å². The Labute approximate surface area is 170 Å². The highest BCUT2D eigenvalue weighted by Crippen LogP contribution is 2.42. The lowest BCUT2D eigenvalue weighted by Crippen LogP contribution is -2.51. The number of thiazole rings is 1. The van der Waals surface area contributed by atoms with Gasteiger partial charge in [-0.05, 0) is 38.2 Å². The first kappa shape index (κ1) is 19.5. The average Bonchev–Trinajstić information content (AvgIpc) is 3.48. The molecule has 0 radical (unpaired) electrons. The van der Waals surface area contributed by atoms with Gasteiger partial charge in [-0.3, -0.25) is 4.79 Å². The van der Waals surface area contributed by atoms with Crippen LogP contribution in [0.2, 0.25) is 0 Å². The molecule has 0 atom stereocenters. The molecular formula is C20H25N3O3S2. The normalized spacial score (nSPS) is 20.0. The van der Waals surface area contributed by atoms with Crippen LogP contribution >= 0.6 is 11.3 Å². The Hall–Kier alpha value is -1.77. The van der Waals surface area contributed by atoms with Crippen molar-refractivity contribution in [3.05, 3.63) is 47.0 Å². The summed E-state index contributed by atoms with van der Waals surface area (Å²) in [6, 6.07) is 9.69. The Morgan fingerprint density at radius 3 is 2.54 bits per heavy atom. The largest absolute Gasteiger partial charge is 0.301 e. The van der Waals surface area contributed by atoms with Gasteiger partial charge in [-0.2, -0.15) is 0 Å². The van der Waals surface area contributed by atoms with Crippen LogP contribution in [0.1, 0.15) is 49.8 Å². The van der Waals surface area contributed by atoms with Gasteiger partial charge in [-0.15, -0.1) is 11.3 Å². The fraction of sp³-hybridized carbons (Fsp3) is 0.500. The number of piperidine rings is 1. The fourth-order valence-electron chi connectivity index (χ4n) is 3.86. The van der Waals surface area contributed by atoms with Gasteiger partial charge in [0.05, 0.1) is 16.9 Å². The van der Waals surface area contributed by atoms with E-state index in [0.29, 0.717) is 37.0 Å². The van der Waals surface area contributed by atoms with E-state index in [9.17, 15) is 13.2 Å². The molecule has 2 aliphatic rings. The predicted octanol–water partition coefficient (Wildman–Crippen LogP) is 3.34. The van der Waals surface area contributed by atoms with Crippen LogP contribution in [0.3, 0.4) is 0 Å². The van der Waals surface area contributed by atoms with Crippen molar-refractivity contribution in [3.63, 3.8) is 0 Å². The molecule has 1 saturated carbocycles. The van der Waals surface area contributed by atoms with E-state index in [1.807, 2.05) is 35.7 Å². The quantitative estimate of drug-likeness (QED) is 0.779. The zero-order chi connectivity index (χ0) is 19.8. The van der Waals surface area contributed by atoms with Crippen molar-refractivity contribution in [2.75, 3.05) is 24.2 Å². The van der Waals surface area contributed by atoms with Crippen molar-refractivity contribution >= 4 is 32.4 Å². The number of aromatic nitrogens is 1. The number of hydrogen-bond donors (Lipinski definition) is 1. The topological polar surface area (TPSA) is 79.4 Å². The number of nitrogens with zero attached hydrogens (tertiary/aromatic N) is 2. The van der Waals surface area contributed by atoms with Gasteiger partial charge in [-0.1, -0.05) is 30.3 Å². The van der Waals surface area contributed by atoms with E-state index < -0.39 is 15.4 Å². The molecular weight excluding hydrogens is 394 g/mol. The number of carbonyl (C=O) groups excluding carboxylic acids is 1. The molecule has 1 N–H and O–H groups in total. The lowest BCUT2D eigenvalue weighted by atomic mass is 9.72. The molecule has 2 fully saturated rings. The number of sulfonamides is 1. The molecule has 6 nitrogen and oxygen atoms in total. The summed E-state index contributed by atoms with van der Waals surface area (Å²) in [6.07, 6.45) is 3.27. The van der Waals surface area contributed by atoms with E-state index in [1.54, 1.807) is 6.92 Å². The summed E-state index contributed by atoms with van der Waals surface area (Å²) in [5, 5.41) is 5.68. The molecule has 1 amide bonds. The molecule has 1 aromatic heterocycles.